The summed E-state index contributed by atoms with van der Waals surface area (Å²) >= 11 is 0. The molecule has 0 aromatic heterocycles. The fourth-order valence-electron chi connectivity index (χ4n) is 3.12. The third-order valence-electron chi connectivity index (χ3n) is 4.09. The Bertz CT molecular complexity index is 488. The lowest BCUT2D eigenvalue weighted by atomic mass is 9.81. The molecule has 1 saturated carbocycles. The molecule has 0 N–H and O–H groups in total. The first-order chi connectivity index (χ1) is 10.1. The molecule has 2 nitrogen and oxygen atoms in total. The van der Waals surface area contributed by atoms with Crippen LogP contribution in [0, 0.1) is 5.92 Å². The Morgan fingerprint density at radius 3 is 2.52 bits per heavy atom. The molecule has 1 aliphatic rings. The molecule has 0 saturated heterocycles. The predicted molar refractivity (Wildman–Crippen MR) is 86.1 cm³/mol. The maximum Gasteiger partial charge on any atom is 0.333 e. The van der Waals surface area contributed by atoms with Crippen molar-refractivity contribution in [3.05, 3.63) is 47.5 Å². The average molecular weight is 286 g/mol. The summed E-state index contributed by atoms with van der Waals surface area (Å²) in [5, 5.41) is 0. The van der Waals surface area contributed by atoms with Gasteiger partial charge in [-0.25, -0.2) is 4.79 Å². The van der Waals surface area contributed by atoms with E-state index >= 15 is 0 Å². The second-order valence-corrected chi connectivity index (χ2v) is 6.34. The summed E-state index contributed by atoms with van der Waals surface area (Å²) in [6.45, 7) is 6.00. The molecular formula is C19H26O2. The third-order valence-corrected chi connectivity index (χ3v) is 4.09. The van der Waals surface area contributed by atoms with Crippen LogP contribution in [0.3, 0.4) is 0 Å². The van der Waals surface area contributed by atoms with Gasteiger partial charge in [0.2, 0.25) is 0 Å². The van der Waals surface area contributed by atoms with E-state index in [0.717, 1.165) is 24.8 Å². The van der Waals surface area contributed by atoms with E-state index in [1.54, 1.807) is 0 Å². The largest absolute Gasteiger partial charge is 0.458 e. The van der Waals surface area contributed by atoms with Crippen molar-refractivity contribution in [3.8, 4) is 0 Å². The molecule has 2 heteroatoms. The van der Waals surface area contributed by atoms with Crippen LogP contribution in [-0.4, -0.2) is 12.1 Å². The normalized spacial score (nSPS) is 23.1. The van der Waals surface area contributed by atoms with Gasteiger partial charge >= 0.3 is 5.97 Å². The van der Waals surface area contributed by atoms with Gasteiger partial charge in [0.15, 0.2) is 0 Å². The van der Waals surface area contributed by atoms with Crippen molar-refractivity contribution in [2.45, 2.75) is 58.5 Å². The highest BCUT2D eigenvalue weighted by Crippen LogP contribution is 2.35. The zero-order valence-electron chi connectivity index (χ0n) is 13.3. The summed E-state index contributed by atoms with van der Waals surface area (Å²) < 4.78 is 5.81. The fourth-order valence-corrected chi connectivity index (χ4v) is 3.12. The lowest BCUT2D eigenvalue weighted by Crippen LogP contribution is -2.29. The molecule has 1 aromatic rings. The molecule has 1 aliphatic carbocycles. The van der Waals surface area contributed by atoms with Crippen LogP contribution in [0.15, 0.2) is 42.0 Å². The number of hydrogen-bond donors (Lipinski definition) is 0. The Hall–Kier alpha value is -1.57. The fraction of sp³-hybridized carbons (Fsp3) is 0.526. The minimum absolute atomic E-state index is 0.0177. The molecule has 0 unspecified atom stereocenters. The molecule has 2 rings (SSSR count). The highest BCUT2D eigenvalue weighted by Gasteiger charge is 2.29. The molecule has 0 spiro atoms. The summed E-state index contributed by atoms with van der Waals surface area (Å²) in [7, 11) is 0. The summed E-state index contributed by atoms with van der Waals surface area (Å²) in [6.07, 6.45) is 6.43. The van der Waals surface area contributed by atoms with Gasteiger partial charge in [0.05, 0.1) is 0 Å². The van der Waals surface area contributed by atoms with Gasteiger partial charge in [-0.05, 0) is 37.7 Å². The Kier molecular flexibility index (Phi) is 5.60. The van der Waals surface area contributed by atoms with Crippen LogP contribution in [0.5, 0.6) is 0 Å². The first kappa shape index (κ1) is 15.8. The zero-order valence-corrected chi connectivity index (χ0v) is 13.3. The Labute approximate surface area is 128 Å². The first-order valence-corrected chi connectivity index (χ1v) is 8.02. The average Bonchev–Trinajstić information content (AvgIpc) is 2.48. The maximum absolute atomic E-state index is 12.2. The van der Waals surface area contributed by atoms with E-state index in [2.05, 4.69) is 38.1 Å². The monoisotopic (exact) mass is 286 g/mol. The molecule has 1 fully saturated rings. The predicted octanol–water partition coefficient (Wildman–Crippen LogP) is 4.86. The van der Waals surface area contributed by atoms with Gasteiger partial charge in [-0.3, -0.25) is 0 Å². The highest BCUT2D eigenvalue weighted by molar-refractivity contribution is 5.87. The molecule has 1 aromatic carbocycles. The number of benzene rings is 1. The smallest absolute Gasteiger partial charge is 0.333 e. The molecular weight excluding hydrogens is 260 g/mol. The number of esters is 1. The molecule has 21 heavy (non-hydrogen) atoms. The van der Waals surface area contributed by atoms with Gasteiger partial charge in [0.25, 0.3) is 0 Å². The SMILES string of the molecule is C/C(=C/C(C)C)C(=O)O[C@H]1CCCC[C@@H]1c1ccccc1. The van der Waals surface area contributed by atoms with Gasteiger partial charge in [-0.1, -0.05) is 56.7 Å². The van der Waals surface area contributed by atoms with E-state index in [1.165, 1.54) is 12.0 Å². The van der Waals surface area contributed by atoms with Crippen LogP contribution in [0.4, 0.5) is 0 Å². The zero-order chi connectivity index (χ0) is 15.2. The van der Waals surface area contributed by atoms with E-state index in [-0.39, 0.29) is 12.1 Å². The Morgan fingerprint density at radius 1 is 1.19 bits per heavy atom. The van der Waals surface area contributed by atoms with Crippen LogP contribution < -0.4 is 0 Å². The van der Waals surface area contributed by atoms with Crippen molar-refractivity contribution < 1.29 is 9.53 Å². The maximum atomic E-state index is 12.2. The van der Waals surface area contributed by atoms with Crippen LogP contribution in [0.25, 0.3) is 0 Å². The van der Waals surface area contributed by atoms with Gasteiger partial charge in [0.1, 0.15) is 6.10 Å². The van der Waals surface area contributed by atoms with Crippen molar-refractivity contribution in [1.82, 2.24) is 0 Å². The number of ether oxygens (including phenoxy) is 1. The van der Waals surface area contributed by atoms with Crippen LogP contribution >= 0.6 is 0 Å². The van der Waals surface area contributed by atoms with E-state index in [0.29, 0.717) is 11.8 Å². The van der Waals surface area contributed by atoms with Crippen molar-refractivity contribution >= 4 is 5.97 Å². The summed E-state index contributed by atoms with van der Waals surface area (Å²) in [5.41, 5.74) is 2.02. The molecule has 0 radical (unpaired) electrons. The quantitative estimate of drug-likeness (QED) is 0.583. The Morgan fingerprint density at radius 2 is 1.86 bits per heavy atom. The molecule has 0 heterocycles. The van der Waals surface area contributed by atoms with Crippen LogP contribution in [0.2, 0.25) is 0 Å². The minimum atomic E-state index is -0.156. The van der Waals surface area contributed by atoms with E-state index in [4.69, 9.17) is 4.74 Å². The highest BCUT2D eigenvalue weighted by atomic mass is 16.5. The van der Waals surface area contributed by atoms with Crippen LogP contribution in [-0.2, 0) is 9.53 Å². The number of hydrogen-bond acceptors (Lipinski definition) is 2. The van der Waals surface area contributed by atoms with Crippen molar-refractivity contribution in [2.75, 3.05) is 0 Å². The Balaban J connectivity index is 2.08. The first-order valence-electron chi connectivity index (χ1n) is 8.02. The number of carbonyl (C=O) groups excluding carboxylic acids is 1. The van der Waals surface area contributed by atoms with Crippen molar-refractivity contribution in [3.63, 3.8) is 0 Å². The summed E-state index contributed by atoms with van der Waals surface area (Å²) in [6, 6.07) is 10.4. The number of allylic oxidation sites excluding steroid dienone is 1. The second kappa shape index (κ2) is 7.44. The van der Waals surface area contributed by atoms with E-state index < -0.39 is 0 Å². The summed E-state index contributed by atoms with van der Waals surface area (Å²) in [5.74, 6) is 0.557. The van der Waals surface area contributed by atoms with Gasteiger partial charge in [0, 0.05) is 11.5 Å². The minimum Gasteiger partial charge on any atom is -0.458 e. The van der Waals surface area contributed by atoms with Crippen LogP contribution in [0.1, 0.15) is 57.9 Å². The molecule has 0 bridgehead atoms. The van der Waals surface area contributed by atoms with E-state index in [1.807, 2.05) is 19.1 Å². The van der Waals surface area contributed by atoms with Gasteiger partial charge < -0.3 is 4.74 Å². The second-order valence-electron chi connectivity index (χ2n) is 6.34. The molecule has 0 aliphatic heterocycles. The number of rotatable bonds is 4. The molecule has 2 atom stereocenters. The lowest BCUT2D eigenvalue weighted by Gasteiger charge is -2.31. The van der Waals surface area contributed by atoms with Crippen molar-refractivity contribution in [2.24, 2.45) is 5.92 Å². The van der Waals surface area contributed by atoms with Gasteiger partial charge in [-0.15, -0.1) is 0 Å². The number of carbonyl (C=O) groups is 1. The summed E-state index contributed by atoms with van der Waals surface area (Å²) in [4.78, 5) is 12.2. The molecule has 0 amide bonds. The standard InChI is InChI=1S/C19H26O2/c1-14(2)13-15(3)19(20)21-18-12-8-7-11-17(18)16-9-5-4-6-10-16/h4-6,9-10,13-14,17-18H,7-8,11-12H2,1-3H3/b15-13-/t17-,18+/m1/s1. The van der Waals surface area contributed by atoms with Crippen molar-refractivity contribution in [1.29, 1.82) is 0 Å². The van der Waals surface area contributed by atoms with Gasteiger partial charge in [-0.2, -0.15) is 0 Å². The third kappa shape index (κ3) is 4.45. The van der Waals surface area contributed by atoms with E-state index in [9.17, 15) is 4.79 Å². The molecule has 114 valence electrons. The topological polar surface area (TPSA) is 26.3 Å². The lowest BCUT2D eigenvalue weighted by molar-refractivity contribution is -0.146.